The topological polar surface area (TPSA) is 175 Å². The van der Waals surface area contributed by atoms with Crippen molar-refractivity contribution in [3.63, 3.8) is 0 Å². The average molecular weight is 1030 g/mol. The molecule has 11 heteroatoms. The van der Waals surface area contributed by atoms with Gasteiger partial charge in [-0.3, -0.25) is 9.59 Å². The highest BCUT2D eigenvalue weighted by molar-refractivity contribution is 5.76. The summed E-state index contributed by atoms with van der Waals surface area (Å²) >= 11 is 0. The minimum atomic E-state index is -1.57. The maximum atomic E-state index is 13.0. The molecule has 73 heavy (non-hydrogen) atoms. The first-order valence-electron chi connectivity index (χ1n) is 30.8. The van der Waals surface area contributed by atoms with Gasteiger partial charge in [0.05, 0.1) is 32.0 Å². The Balaban J connectivity index is 1.99. The molecule has 0 saturated carbocycles. The van der Waals surface area contributed by atoms with Crippen molar-refractivity contribution in [3.05, 3.63) is 36.5 Å². The average Bonchev–Trinajstić information content (AvgIpc) is 3.39. The zero-order chi connectivity index (χ0) is 53.1. The summed E-state index contributed by atoms with van der Waals surface area (Å²) < 4.78 is 16.7. The van der Waals surface area contributed by atoms with E-state index in [4.69, 9.17) is 14.2 Å². The van der Waals surface area contributed by atoms with E-state index in [1.165, 1.54) is 186 Å². The van der Waals surface area contributed by atoms with Crippen LogP contribution in [0.3, 0.4) is 0 Å². The Bertz CT molecular complexity index is 1310. The number of allylic oxidation sites excluding steroid dienone is 5. The third-order valence-corrected chi connectivity index (χ3v) is 14.5. The lowest BCUT2D eigenvalue weighted by atomic mass is 9.99. The lowest BCUT2D eigenvalue weighted by molar-refractivity contribution is -0.302. The molecule has 1 saturated heterocycles. The number of carbonyl (C=O) groups is 2. The van der Waals surface area contributed by atoms with Crippen molar-refractivity contribution in [2.75, 3.05) is 19.8 Å². The predicted molar refractivity (Wildman–Crippen MR) is 301 cm³/mol. The number of unbranched alkanes of at least 4 members (excludes halogenated alkanes) is 35. The molecular weight excluding hydrogens is 919 g/mol. The van der Waals surface area contributed by atoms with Gasteiger partial charge in [0, 0.05) is 12.8 Å². The molecule has 0 aromatic rings. The Morgan fingerprint density at radius 2 is 0.918 bits per heavy atom. The standard InChI is InChI=1S/C62H115NO10/c1-3-5-7-9-11-13-14-15-16-17-18-21-24-27-30-34-38-42-46-50-58(67)71-51-47-43-39-35-31-28-25-22-19-20-23-26-29-33-37-41-45-49-57(66)63-54(55(65)48-44-40-36-32-12-10-8-6-4-2)53-72-62-61(70)60(69)59(68)56(52-64)73-62/h11,13,15-16,44,48,54-56,59-62,64-65,68-70H,3-10,12,14,17-43,45-47,49-53H2,1-2H3,(H,63,66)/b13-11-,16-15-,48-44+. The van der Waals surface area contributed by atoms with Crippen molar-refractivity contribution in [3.8, 4) is 0 Å². The van der Waals surface area contributed by atoms with E-state index >= 15 is 0 Å². The van der Waals surface area contributed by atoms with Gasteiger partial charge < -0.3 is 45.1 Å². The number of nitrogens with one attached hydrogen (secondary N) is 1. The number of aliphatic hydroxyl groups excluding tert-OH is 5. The van der Waals surface area contributed by atoms with E-state index in [1.54, 1.807) is 6.08 Å². The van der Waals surface area contributed by atoms with Gasteiger partial charge in [0.1, 0.15) is 24.4 Å². The minimum Gasteiger partial charge on any atom is -0.466 e. The SMILES string of the molecule is CCCCC/C=C\C/C=C\CCCCCCCCCCCC(=O)OCCCCCCCCCCCCCCCCCCCC(=O)NC(COC1OC(CO)C(O)C(O)C1O)C(O)/C=C/CCCCCCCCC. The van der Waals surface area contributed by atoms with Crippen LogP contribution in [0.15, 0.2) is 36.5 Å². The molecule has 0 aliphatic carbocycles. The first-order valence-corrected chi connectivity index (χ1v) is 30.8. The summed E-state index contributed by atoms with van der Waals surface area (Å²) in [6.07, 6.45) is 53.9. The maximum Gasteiger partial charge on any atom is 0.305 e. The fourth-order valence-corrected chi connectivity index (χ4v) is 9.58. The lowest BCUT2D eigenvalue weighted by Gasteiger charge is -2.40. The van der Waals surface area contributed by atoms with Crippen LogP contribution in [0.5, 0.6) is 0 Å². The Hall–Kier alpha value is -2.12. The summed E-state index contributed by atoms with van der Waals surface area (Å²) in [5, 5.41) is 54.2. The molecule has 1 aliphatic rings. The van der Waals surface area contributed by atoms with Crippen LogP contribution in [-0.2, 0) is 23.8 Å². The molecule has 6 N–H and O–H groups in total. The van der Waals surface area contributed by atoms with Crippen LogP contribution in [0.2, 0.25) is 0 Å². The Labute approximate surface area is 447 Å². The third kappa shape index (κ3) is 41.7. The fraction of sp³-hybridized carbons (Fsp3) is 0.871. The molecule has 0 bridgehead atoms. The van der Waals surface area contributed by atoms with E-state index in [0.29, 0.717) is 19.4 Å². The van der Waals surface area contributed by atoms with Crippen LogP contribution in [-0.4, -0.2) is 100 Å². The van der Waals surface area contributed by atoms with Gasteiger partial charge in [0.2, 0.25) is 5.91 Å². The van der Waals surface area contributed by atoms with Crippen LogP contribution in [0.4, 0.5) is 0 Å². The second-order valence-corrected chi connectivity index (χ2v) is 21.4. The number of rotatable bonds is 53. The third-order valence-electron chi connectivity index (χ3n) is 14.5. The van der Waals surface area contributed by atoms with Crippen LogP contribution < -0.4 is 5.32 Å². The summed E-state index contributed by atoms with van der Waals surface area (Å²) in [6, 6.07) is -0.813. The van der Waals surface area contributed by atoms with Gasteiger partial charge in [0.25, 0.3) is 0 Å². The molecule has 1 rings (SSSR count). The van der Waals surface area contributed by atoms with Crippen LogP contribution >= 0.6 is 0 Å². The second kappa shape index (κ2) is 52.0. The van der Waals surface area contributed by atoms with Crippen LogP contribution in [0.1, 0.15) is 284 Å². The normalized spacial score (nSPS) is 19.1. The Morgan fingerprint density at radius 3 is 1.41 bits per heavy atom. The zero-order valence-electron chi connectivity index (χ0n) is 47.1. The van der Waals surface area contributed by atoms with Crippen LogP contribution in [0.25, 0.3) is 0 Å². The predicted octanol–water partition coefficient (Wildman–Crippen LogP) is 14.3. The van der Waals surface area contributed by atoms with E-state index < -0.39 is 49.5 Å². The van der Waals surface area contributed by atoms with Crippen LogP contribution in [0, 0.1) is 0 Å². The van der Waals surface area contributed by atoms with E-state index in [1.807, 2.05) is 6.08 Å². The number of esters is 1. The summed E-state index contributed by atoms with van der Waals surface area (Å²) in [6.45, 7) is 4.28. The van der Waals surface area contributed by atoms with E-state index in [9.17, 15) is 35.1 Å². The van der Waals surface area contributed by atoms with Gasteiger partial charge in [-0.05, 0) is 64.2 Å². The maximum absolute atomic E-state index is 13.0. The van der Waals surface area contributed by atoms with Gasteiger partial charge in [-0.2, -0.15) is 0 Å². The number of hydrogen-bond donors (Lipinski definition) is 6. The molecule has 0 radical (unpaired) electrons. The first kappa shape index (κ1) is 68.9. The molecule has 1 fully saturated rings. The number of carbonyl (C=O) groups excluding carboxylic acids is 2. The highest BCUT2D eigenvalue weighted by atomic mass is 16.7. The second-order valence-electron chi connectivity index (χ2n) is 21.4. The largest absolute Gasteiger partial charge is 0.466 e. The van der Waals surface area contributed by atoms with Crippen molar-refractivity contribution in [2.24, 2.45) is 0 Å². The lowest BCUT2D eigenvalue weighted by Crippen LogP contribution is -2.60. The van der Waals surface area contributed by atoms with Gasteiger partial charge in [-0.25, -0.2) is 0 Å². The molecule has 11 nitrogen and oxygen atoms in total. The summed E-state index contributed by atoms with van der Waals surface area (Å²) in [5.74, 6) is -0.205. The highest BCUT2D eigenvalue weighted by Crippen LogP contribution is 2.23. The monoisotopic (exact) mass is 1030 g/mol. The first-order chi connectivity index (χ1) is 35.7. The number of hydrogen-bond acceptors (Lipinski definition) is 10. The zero-order valence-corrected chi connectivity index (χ0v) is 47.1. The number of aliphatic hydroxyl groups is 5. The molecule has 1 heterocycles. The quantitative estimate of drug-likeness (QED) is 0.0195. The van der Waals surface area contributed by atoms with Gasteiger partial charge in [-0.15, -0.1) is 0 Å². The fourth-order valence-electron chi connectivity index (χ4n) is 9.58. The molecule has 1 amide bonds. The highest BCUT2D eigenvalue weighted by Gasteiger charge is 2.44. The van der Waals surface area contributed by atoms with E-state index in [2.05, 4.69) is 43.5 Å². The Kier molecular flexibility index (Phi) is 49.0. The van der Waals surface area contributed by atoms with Crippen molar-refractivity contribution < 1.29 is 49.3 Å². The van der Waals surface area contributed by atoms with Gasteiger partial charge >= 0.3 is 5.97 Å². The molecule has 0 spiro atoms. The molecule has 428 valence electrons. The smallest absolute Gasteiger partial charge is 0.305 e. The van der Waals surface area contributed by atoms with Gasteiger partial charge in [-0.1, -0.05) is 243 Å². The van der Waals surface area contributed by atoms with Crippen molar-refractivity contribution in [2.45, 2.75) is 326 Å². The number of ether oxygens (including phenoxy) is 3. The van der Waals surface area contributed by atoms with Crippen molar-refractivity contribution >= 4 is 11.9 Å². The molecule has 1 aliphatic heterocycles. The minimum absolute atomic E-state index is 0.0154. The van der Waals surface area contributed by atoms with E-state index in [-0.39, 0.29) is 18.5 Å². The van der Waals surface area contributed by atoms with Crippen molar-refractivity contribution in [1.29, 1.82) is 0 Å². The Morgan fingerprint density at radius 1 is 0.507 bits per heavy atom. The molecule has 0 aromatic carbocycles. The van der Waals surface area contributed by atoms with Crippen molar-refractivity contribution in [1.82, 2.24) is 5.32 Å². The summed E-state index contributed by atoms with van der Waals surface area (Å²) in [4.78, 5) is 25.1. The summed E-state index contributed by atoms with van der Waals surface area (Å²) in [7, 11) is 0. The summed E-state index contributed by atoms with van der Waals surface area (Å²) in [5.41, 5.74) is 0. The molecule has 7 unspecified atom stereocenters. The molecule has 7 atom stereocenters. The number of amides is 1. The molecular formula is C62H115NO10. The molecule has 0 aromatic heterocycles. The van der Waals surface area contributed by atoms with Gasteiger partial charge in [0.15, 0.2) is 6.29 Å². The van der Waals surface area contributed by atoms with E-state index in [0.717, 1.165) is 70.6 Å².